The molecule has 0 aliphatic rings. The van der Waals surface area contributed by atoms with Gasteiger partial charge in [-0.3, -0.25) is 0 Å². The van der Waals surface area contributed by atoms with Crippen molar-refractivity contribution >= 4 is 11.9 Å². The molecule has 0 saturated heterocycles. The number of carboxylic acid groups (broad SMARTS) is 2. The van der Waals surface area contributed by atoms with Crippen molar-refractivity contribution < 1.29 is 89.9 Å². The maximum atomic E-state index is 9.50. The van der Waals surface area contributed by atoms with E-state index in [1.165, 1.54) is 0 Å². The Balaban J connectivity index is -0.0000000408. The Morgan fingerprint density at radius 2 is 1.00 bits per heavy atom. The standard InChI is InChI=1S/C4H6O4.2Na.2H2O/c5-3(6)1-2-4(7)8;;;;/h1-2H2,(H,5,6)(H,7,8);;;2*1H2/q;2*+1;;/p-2. The summed E-state index contributed by atoms with van der Waals surface area (Å²) < 4.78 is 0. The van der Waals surface area contributed by atoms with E-state index in [1.54, 1.807) is 0 Å². The monoisotopic (exact) mass is 198 g/mol. The molecule has 0 atom stereocenters. The number of carbonyl (C=O) groups excluding carboxylic acids is 2. The van der Waals surface area contributed by atoms with Crippen LogP contribution in [0.15, 0.2) is 0 Å². The summed E-state index contributed by atoms with van der Waals surface area (Å²) in [4.78, 5) is 19.0. The average Bonchev–Trinajstić information content (AvgIpc) is 1.61. The van der Waals surface area contributed by atoms with Gasteiger partial charge in [0.25, 0.3) is 0 Å². The van der Waals surface area contributed by atoms with Gasteiger partial charge >= 0.3 is 59.1 Å². The third-order valence-electron chi connectivity index (χ3n) is 0.533. The van der Waals surface area contributed by atoms with Crippen LogP contribution in [0, 0.1) is 0 Å². The Kier molecular flexibility index (Phi) is 43.5. The number of hydrogen-bond acceptors (Lipinski definition) is 4. The molecule has 0 heterocycles. The minimum absolute atomic E-state index is 0. The van der Waals surface area contributed by atoms with Crippen LogP contribution in [0.25, 0.3) is 0 Å². The molecule has 0 spiro atoms. The van der Waals surface area contributed by atoms with Gasteiger partial charge in [0.15, 0.2) is 0 Å². The molecule has 12 heavy (non-hydrogen) atoms. The van der Waals surface area contributed by atoms with Crippen molar-refractivity contribution in [3.05, 3.63) is 0 Å². The van der Waals surface area contributed by atoms with Gasteiger partial charge in [-0.2, -0.15) is 0 Å². The number of aliphatic carboxylic acids is 2. The van der Waals surface area contributed by atoms with Crippen LogP contribution >= 0.6 is 0 Å². The van der Waals surface area contributed by atoms with E-state index in [0.29, 0.717) is 0 Å². The van der Waals surface area contributed by atoms with E-state index >= 15 is 0 Å². The van der Waals surface area contributed by atoms with Crippen molar-refractivity contribution in [2.75, 3.05) is 0 Å². The van der Waals surface area contributed by atoms with Crippen molar-refractivity contribution in [1.82, 2.24) is 0 Å². The molecule has 0 aliphatic heterocycles. The fraction of sp³-hybridized carbons (Fsp3) is 0.500. The van der Waals surface area contributed by atoms with Crippen LogP contribution < -0.4 is 69.3 Å². The van der Waals surface area contributed by atoms with Crippen LogP contribution in [-0.4, -0.2) is 22.9 Å². The second-order valence-electron chi connectivity index (χ2n) is 1.24. The molecule has 0 radical (unpaired) electrons. The number of carboxylic acids is 2. The molecule has 4 N–H and O–H groups in total. The molecule has 0 fully saturated rings. The van der Waals surface area contributed by atoms with Gasteiger partial charge in [-0.1, -0.05) is 0 Å². The van der Waals surface area contributed by atoms with E-state index in [2.05, 4.69) is 0 Å². The van der Waals surface area contributed by atoms with Gasteiger partial charge in [-0.25, -0.2) is 0 Å². The Morgan fingerprint density at radius 3 is 1.08 bits per heavy atom. The van der Waals surface area contributed by atoms with Crippen LogP contribution in [0.2, 0.25) is 0 Å². The second kappa shape index (κ2) is 17.8. The van der Waals surface area contributed by atoms with Crippen LogP contribution in [0.3, 0.4) is 0 Å². The Hall–Kier alpha value is 0.860. The van der Waals surface area contributed by atoms with E-state index in [1.807, 2.05) is 0 Å². The Morgan fingerprint density at radius 1 is 0.833 bits per heavy atom. The SMILES string of the molecule is O.O.O=C([O-])CCC(=O)[O-].[Na+].[Na+]. The summed E-state index contributed by atoms with van der Waals surface area (Å²) in [5, 5.41) is 19.0. The molecule has 8 heteroatoms. The molecule has 0 aromatic rings. The summed E-state index contributed by atoms with van der Waals surface area (Å²) in [7, 11) is 0. The molecule has 0 bridgehead atoms. The first-order chi connectivity index (χ1) is 3.63. The third-order valence-corrected chi connectivity index (χ3v) is 0.533. The van der Waals surface area contributed by atoms with E-state index < -0.39 is 24.8 Å². The number of carbonyl (C=O) groups is 2. The summed E-state index contributed by atoms with van der Waals surface area (Å²) in [5.41, 5.74) is 0. The fourth-order valence-corrected chi connectivity index (χ4v) is 0.204. The zero-order valence-corrected chi connectivity index (χ0v) is 11.0. The van der Waals surface area contributed by atoms with E-state index in [9.17, 15) is 19.8 Å². The van der Waals surface area contributed by atoms with Crippen molar-refractivity contribution in [3.63, 3.8) is 0 Å². The van der Waals surface area contributed by atoms with E-state index in [4.69, 9.17) is 0 Å². The first-order valence-corrected chi connectivity index (χ1v) is 2.02. The zero-order chi connectivity index (χ0) is 6.57. The number of hydrogen-bond donors (Lipinski definition) is 0. The van der Waals surface area contributed by atoms with Crippen LogP contribution in [0.5, 0.6) is 0 Å². The van der Waals surface area contributed by atoms with Crippen LogP contribution in [0.4, 0.5) is 0 Å². The van der Waals surface area contributed by atoms with Crippen molar-refractivity contribution in [2.45, 2.75) is 12.8 Å². The van der Waals surface area contributed by atoms with Gasteiger partial charge in [0.2, 0.25) is 0 Å². The molecule has 6 nitrogen and oxygen atoms in total. The topological polar surface area (TPSA) is 143 Å². The van der Waals surface area contributed by atoms with Crippen LogP contribution in [-0.2, 0) is 9.59 Å². The van der Waals surface area contributed by atoms with E-state index in [0.717, 1.165) is 0 Å². The van der Waals surface area contributed by atoms with Gasteiger partial charge in [-0.15, -0.1) is 0 Å². The molecule has 0 amide bonds. The molecule has 0 aromatic heterocycles. The largest absolute Gasteiger partial charge is 1.00 e. The quantitative estimate of drug-likeness (QED) is 0.414. The van der Waals surface area contributed by atoms with Gasteiger partial charge < -0.3 is 30.8 Å². The predicted molar refractivity (Wildman–Crippen MR) is 26.5 cm³/mol. The smallest absolute Gasteiger partial charge is 0.550 e. The van der Waals surface area contributed by atoms with Crippen LogP contribution in [0.1, 0.15) is 12.8 Å². The normalized spacial score (nSPS) is 5.67. The Labute approximate surface area is 114 Å². The maximum Gasteiger partial charge on any atom is 1.00 e. The van der Waals surface area contributed by atoms with Crippen molar-refractivity contribution in [1.29, 1.82) is 0 Å². The van der Waals surface area contributed by atoms with Gasteiger partial charge in [0.05, 0.1) is 0 Å². The first-order valence-electron chi connectivity index (χ1n) is 2.02. The molecular formula is C4H8Na2O6. The van der Waals surface area contributed by atoms with Crippen molar-refractivity contribution in [2.24, 2.45) is 0 Å². The summed E-state index contributed by atoms with van der Waals surface area (Å²) in [5.74, 6) is -2.73. The maximum absolute atomic E-state index is 9.50. The average molecular weight is 198 g/mol. The summed E-state index contributed by atoms with van der Waals surface area (Å²) in [6, 6.07) is 0. The third kappa shape index (κ3) is 30.7. The van der Waals surface area contributed by atoms with Gasteiger partial charge in [0.1, 0.15) is 0 Å². The number of rotatable bonds is 3. The molecular weight excluding hydrogens is 190 g/mol. The van der Waals surface area contributed by atoms with E-state index in [-0.39, 0.29) is 70.1 Å². The molecule has 0 aliphatic carbocycles. The molecule has 0 aromatic carbocycles. The first kappa shape index (κ1) is 29.3. The minimum Gasteiger partial charge on any atom is -0.550 e. The Bertz CT molecular complexity index is 102. The van der Waals surface area contributed by atoms with Gasteiger partial charge in [-0.05, 0) is 12.8 Å². The summed E-state index contributed by atoms with van der Waals surface area (Å²) in [6.45, 7) is 0. The summed E-state index contributed by atoms with van der Waals surface area (Å²) in [6.07, 6.45) is -0.940. The molecule has 0 rings (SSSR count). The second-order valence-corrected chi connectivity index (χ2v) is 1.24. The molecule has 62 valence electrons. The predicted octanol–water partition coefficient (Wildman–Crippen LogP) is -10.4. The minimum atomic E-state index is -1.37. The summed E-state index contributed by atoms with van der Waals surface area (Å²) >= 11 is 0. The van der Waals surface area contributed by atoms with Gasteiger partial charge in [0, 0.05) is 11.9 Å². The zero-order valence-electron chi connectivity index (χ0n) is 7.05. The van der Waals surface area contributed by atoms with Crippen molar-refractivity contribution in [3.8, 4) is 0 Å². The molecule has 0 saturated carbocycles. The molecule has 0 unspecified atom stereocenters. The fourth-order valence-electron chi connectivity index (χ4n) is 0.204.